The summed E-state index contributed by atoms with van der Waals surface area (Å²) in [6, 6.07) is 10.2. The molecule has 0 heterocycles. The Morgan fingerprint density at radius 1 is 1.09 bits per heavy atom. The van der Waals surface area contributed by atoms with Crippen LogP contribution in [0, 0.1) is 17.8 Å². The van der Waals surface area contributed by atoms with E-state index in [1.54, 1.807) is 0 Å². The number of aliphatic hydroxyl groups is 1. The summed E-state index contributed by atoms with van der Waals surface area (Å²) in [7, 11) is 1.81. The van der Waals surface area contributed by atoms with Gasteiger partial charge in [0.1, 0.15) is 0 Å². The van der Waals surface area contributed by atoms with Gasteiger partial charge in [-0.05, 0) is 49.0 Å². The van der Waals surface area contributed by atoms with Crippen LogP contribution in [0.2, 0.25) is 0 Å². The minimum atomic E-state index is 0.0948. The smallest absolute Gasteiger partial charge is 0.191 e. The second-order valence-corrected chi connectivity index (χ2v) is 6.96. The summed E-state index contributed by atoms with van der Waals surface area (Å²) in [6.07, 6.45) is 5.65. The average molecular weight is 315 g/mol. The molecule has 23 heavy (non-hydrogen) atoms. The lowest BCUT2D eigenvalue weighted by atomic mass is 9.98. The van der Waals surface area contributed by atoms with Crippen LogP contribution >= 0.6 is 0 Å². The van der Waals surface area contributed by atoms with Crippen molar-refractivity contribution in [3.05, 3.63) is 35.9 Å². The lowest BCUT2D eigenvalue weighted by molar-refractivity contribution is 0.265. The summed E-state index contributed by atoms with van der Waals surface area (Å²) >= 11 is 0. The van der Waals surface area contributed by atoms with Gasteiger partial charge in [0.05, 0.1) is 6.61 Å². The lowest BCUT2D eigenvalue weighted by Gasteiger charge is -2.21. The molecule has 2 fully saturated rings. The third-order valence-electron chi connectivity index (χ3n) is 5.19. The van der Waals surface area contributed by atoms with E-state index in [1.165, 1.54) is 25.7 Å². The van der Waals surface area contributed by atoms with Gasteiger partial charge in [0, 0.05) is 26.1 Å². The minimum Gasteiger partial charge on any atom is -0.396 e. The van der Waals surface area contributed by atoms with Crippen molar-refractivity contribution in [1.29, 1.82) is 0 Å². The number of benzene rings is 1. The number of aliphatic hydroxyl groups excluding tert-OH is 1. The first-order chi connectivity index (χ1) is 11.3. The predicted octanol–water partition coefficient (Wildman–Crippen LogP) is 2.36. The Hall–Kier alpha value is -1.55. The third kappa shape index (κ3) is 4.71. The molecule has 1 unspecified atom stereocenters. The van der Waals surface area contributed by atoms with E-state index in [-0.39, 0.29) is 12.5 Å². The molecule has 1 atom stereocenters. The van der Waals surface area contributed by atoms with Crippen LogP contribution in [0.15, 0.2) is 35.3 Å². The predicted molar refractivity (Wildman–Crippen MR) is 94.6 cm³/mol. The Kier molecular flexibility index (Phi) is 5.55. The molecule has 2 aliphatic carbocycles. The van der Waals surface area contributed by atoms with Crippen molar-refractivity contribution in [3.8, 4) is 0 Å². The molecule has 2 saturated carbocycles. The molecule has 126 valence electrons. The highest BCUT2D eigenvalue weighted by Gasteiger charge is 2.41. The quantitative estimate of drug-likeness (QED) is 0.510. The second kappa shape index (κ2) is 7.82. The van der Waals surface area contributed by atoms with Gasteiger partial charge in [0.2, 0.25) is 0 Å². The van der Waals surface area contributed by atoms with Crippen LogP contribution in [0.5, 0.6) is 0 Å². The molecule has 1 aromatic rings. The average Bonchev–Trinajstić information content (AvgIpc) is 3.48. The van der Waals surface area contributed by atoms with Crippen LogP contribution < -0.4 is 10.6 Å². The molecule has 4 heteroatoms. The van der Waals surface area contributed by atoms with Crippen LogP contribution in [0.3, 0.4) is 0 Å². The maximum Gasteiger partial charge on any atom is 0.191 e. The normalized spacial score (nSPS) is 19.7. The number of nitrogens with one attached hydrogen (secondary N) is 2. The van der Waals surface area contributed by atoms with Crippen LogP contribution in [0.25, 0.3) is 0 Å². The Morgan fingerprint density at radius 2 is 1.70 bits per heavy atom. The fourth-order valence-corrected chi connectivity index (χ4v) is 3.44. The summed E-state index contributed by atoms with van der Waals surface area (Å²) in [5, 5.41) is 16.5. The van der Waals surface area contributed by atoms with E-state index in [2.05, 4.69) is 27.8 Å². The van der Waals surface area contributed by atoms with Crippen molar-refractivity contribution in [3.63, 3.8) is 0 Å². The fraction of sp³-hybridized carbons (Fsp3) is 0.632. The first-order valence-corrected chi connectivity index (χ1v) is 8.92. The molecule has 2 aliphatic rings. The molecule has 0 aliphatic heterocycles. The molecule has 4 nitrogen and oxygen atoms in total. The van der Waals surface area contributed by atoms with Crippen molar-refractivity contribution in [2.24, 2.45) is 22.7 Å². The number of hydrogen-bond donors (Lipinski definition) is 3. The zero-order valence-electron chi connectivity index (χ0n) is 14.0. The summed E-state index contributed by atoms with van der Waals surface area (Å²) in [5.41, 5.74) is 1.16. The molecule has 0 amide bonds. The van der Waals surface area contributed by atoms with Gasteiger partial charge in [-0.1, -0.05) is 30.3 Å². The van der Waals surface area contributed by atoms with E-state index in [0.29, 0.717) is 6.54 Å². The molecular weight excluding hydrogens is 286 g/mol. The van der Waals surface area contributed by atoms with Crippen molar-refractivity contribution in [1.82, 2.24) is 10.6 Å². The summed E-state index contributed by atoms with van der Waals surface area (Å²) in [6.45, 7) is 1.86. The second-order valence-electron chi connectivity index (χ2n) is 6.96. The highest BCUT2D eigenvalue weighted by Crippen LogP contribution is 2.48. The highest BCUT2D eigenvalue weighted by atomic mass is 16.3. The maximum atomic E-state index is 9.64. The van der Waals surface area contributed by atoms with Gasteiger partial charge in [0.25, 0.3) is 0 Å². The van der Waals surface area contributed by atoms with Gasteiger partial charge in [-0.15, -0.1) is 0 Å². The van der Waals surface area contributed by atoms with Crippen molar-refractivity contribution >= 4 is 5.96 Å². The van der Waals surface area contributed by atoms with Crippen molar-refractivity contribution in [2.75, 3.05) is 26.7 Å². The SMILES string of the molecule is CN=C(NCC(CO)c1ccccc1)NCC(C1CC1)C1CC1. The van der Waals surface area contributed by atoms with Gasteiger partial charge < -0.3 is 15.7 Å². The van der Waals surface area contributed by atoms with Gasteiger partial charge >= 0.3 is 0 Å². The van der Waals surface area contributed by atoms with Crippen LogP contribution in [0.4, 0.5) is 0 Å². The van der Waals surface area contributed by atoms with Crippen molar-refractivity contribution < 1.29 is 5.11 Å². The minimum absolute atomic E-state index is 0.0948. The zero-order chi connectivity index (χ0) is 16.1. The Labute approximate surface area is 139 Å². The zero-order valence-corrected chi connectivity index (χ0v) is 14.0. The molecule has 3 rings (SSSR count). The molecular formula is C19H29N3O. The topological polar surface area (TPSA) is 56.7 Å². The van der Waals surface area contributed by atoms with Gasteiger partial charge in [-0.3, -0.25) is 4.99 Å². The Morgan fingerprint density at radius 3 is 2.22 bits per heavy atom. The van der Waals surface area contributed by atoms with E-state index in [9.17, 15) is 5.11 Å². The highest BCUT2D eigenvalue weighted by molar-refractivity contribution is 5.79. The molecule has 3 N–H and O–H groups in total. The number of nitrogens with zero attached hydrogens (tertiary/aromatic N) is 1. The van der Waals surface area contributed by atoms with E-state index in [4.69, 9.17) is 0 Å². The molecule has 0 radical (unpaired) electrons. The maximum absolute atomic E-state index is 9.64. The molecule has 1 aromatic carbocycles. The van der Waals surface area contributed by atoms with Gasteiger partial charge in [-0.25, -0.2) is 0 Å². The van der Waals surface area contributed by atoms with E-state index in [0.717, 1.165) is 35.8 Å². The Balaban J connectivity index is 1.47. The monoisotopic (exact) mass is 315 g/mol. The molecule has 0 saturated heterocycles. The number of aliphatic imine (C=N–C) groups is 1. The van der Waals surface area contributed by atoms with E-state index >= 15 is 0 Å². The van der Waals surface area contributed by atoms with Crippen LogP contribution in [-0.4, -0.2) is 37.8 Å². The number of guanidine groups is 1. The number of hydrogen-bond acceptors (Lipinski definition) is 2. The van der Waals surface area contributed by atoms with Crippen LogP contribution in [-0.2, 0) is 0 Å². The standard InChI is InChI=1S/C19H29N3O/c1-20-19(22-12-18(15-7-8-15)16-9-10-16)21-11-17(13-23)14-5-3-2-4-6-14/h2-6,15-18,23H,7-13H2,1H3,(H2,20,21,22). The largest absolute Gasteiger partial charge is 0.396 e. The van der Waals surface area contributed by atoms with E-state index < -0.39 is 0 Å². The van der Waals surface area contributed by atoms with Gasteiger partial charge in [0.15, 0.2) is 5.96 Å². The summed E-state index contributed by atoms with van der Waals surface area (Å²) < 4.78 is 0. The molecule has 0 bridgehead atoms. The van der Waals surface area contributed by atoms with Gasteiger partial charge in [-0.2, -0.15) is 0 Å². The number of rotatable bonds is 8. The lowest BCUT2D eigenvalue weighted by Crippen LogP contribution is -2.42. The fourth-order valence-electron chi connectivity index (χ4n) is 3.44. The van der Waals surface area contributed by atoms with Crippen LogP contribution in [0.1, 0.15) is 37.2 Å². The van der Waals surface area contributed by atoms with Crippen molar-refractivity contribution in [2.45, 2.75) is 31.6 Å². The first kappa shape index (κ1) is 16.3. The summed E-state index contributed by atoms with van der Waals surface area (Å²) in [4.78, 5) is 4.33. The third-order valence-corrected chi connectivity index (χ3v) is 5.19. The van der Waals surface area contributed by atoms with E-state index in [1.807, 2.05) is 25.2 Å². The first-order valence-electron chi connectivity index (χ1n) is 8.92. The molecule has 0 aromatic heterocycles. The molecule has 0 spiro atoms. The summed E-state index contributed by atoms with van der Waals surface area (Å²) in [5.74, 6) is 3.67. The Bertz CT molecular complexity index is 497.